The summed E-state index contributed by atoms with van der Waals surface area (Å²) in [7, 11) is -1.09. The normalized spacial score (nSPS) is 15.5. The number of benzene rings is 1. The number of hydrogen-bond donors (Lipinski definition) is 0. The summed E-state index contributed by atoms with van der Waals surface area (Å²) in [6.07, 6.45) is 6.88. The fourth-order valence-corrected chi connectivity index (χ4v) is 8.01. The molecular formula is C13H16SiTe. The Hall–Kier alpha value is -0.294. The van der Waals surface area contributed by atoms with Crippen LogP contribution < -0.4 is 3.61 Å². The van der Waals surface area contributed by atoms with Crippen LogP contribution in [0, 0.1) is 0 Å². The van der Waals surface area contributed by atoms with Crippen molar-refractivity contribution >= 4 is 38.7 Å². The van der Waals surface area contributed by atoms with E-state index in [9.17, 15) is 0 Å². The minimum absolute atomic E-state index is 0.122. The molecule has 1 aliphatic rings. The Morgan fingerprint density at radius 1 is 1.07 bits per heavy atom. The Kier molecular flexibility index (Phi) is 3.20. The monoisotopic (exact) mass is 330 g/mol. The molecular weight excluding hydrogens is 312 g/mol. The van der Waals surface area contributed by atoms with Gasteiger partial charge in [0.1, 0.15) is 0 Å². The van der Waals surface area contributed by atoms with Crippen molar-refractivity contribution in [1.82, 2.24) is 0 Å². The molecule has 0 fully saturated rings. The van der Waals surface area contributed by atoms with E-state index in [0.29, 0.717) is 0 Å². The first kappa shape index (κ1) is 11.2. The fraction of sp³-hybridized carbons (Fsp3) is 0.231. The molecule has 0 aromatic heterocycles. The molecule has 1 aliphatic heterocycles. The number of fused-ring (bicyclic) bond motifs is 1. The third-order valence-corrected chi connectivity index (χ3v) is 12.7. The van der Waals surface area contributed by atoms with Crippen molar-refractivity contribution in [2.75, 3.05) is 0 Å². The average molecular weight is 328 g/mol. The molecule has 0 spiro atoms. The molecule has 2 rings (SSSR count). The summed E-state index contributed by atoms with van der Waals surface area (Å²) in [5.41, 5.74) is 1.43. The molecule has 0 amide bonds. The molecule has 1 heterocycles. The summed E-state index contributed by atoms with van der Waals surface area (Å²) in [4.78, 5) is 0. The van der Waals surface area contributed by atoms with E-state index < -0.39 is 8.07 Å². The van der Waals surface area contributed by atoms with Crippen LogP contribution >= 0.6 is 0 Å². The van der Waals surface area contributed by atoms with Gasteiger partial charge >= 0.3 is 104 Å². The third-order valence-electron chi connectivity index (χ3n) is 2.40. The van der Waals surface area contributed by atoms with Crippen LogP contribution in [0.5, 0.6) is 0 Å². The molecule has 0 radical (unpaired) electrons. The van der Waals surface area contributed by atoms with Crippen LogP contribution in [0.4, 0.5) is 0 Å². The molecule has 2 heteroatoms. The van der Waals surface area contributed by atoms with Gasteiger partial charge in [0.15, 0.2) is 0 Å². The minimum atomic E-state index is -1.09. The molecule has 0 N–H and O–H groups in total. The van der Waals surface area contributed by atoms with Crippen LogP contribution in [0.25, 0.3) is 6.08 Å². The predicted octanol–water partition coefficient (Wildman–Crippen LogP) is 2.80. The summed E-state index contributed by atoms with van der Waals surface area (Å²) in [6.45, 7) is 7.35. The SMILES string of the molecule is C[Si](C)(C)C1=CC=Cc2ccccc2[Te]1. The molecule has 0 aliphatic carbocycles. The first-order chi connectivity index (χ1) is 7.07. The summed E-state index contributed by atoms with van der Waals surface area (Å²) in [5.74, 6) is 0. The van der Waals surface area contributed by atoms with Crippen LogP contribution in [0.3, 0.4) is 0 Å². The number of allylic oxidation sites excluding steroid dienone is 2. The van der Waals surface area contributed by atoms with Gasteiger partial charge in [0, 0.05) is 0 Å². The second-order valence-corrected chi connectivity index (χ2v) is 14.0. The van der Waals surface area contributed by atoms with Gasteiger partial charge in [-0.15, -0.1) is 0 Å². The van der Waals surface area contributed by atoms with Gasteiger partial charge < -0.3 is 0 Å². The van der Waals surface area contributed by atoms with Crippen LogP contribution in [-0.2, 0) is 0 Å². The van der Waals surface area contributed by atoms with Crippen LogP contribution in [0.2, 0.25) is 19.6 Å². The molecule has 0 bridgehead atoms. The molecule has 0 saturated heterocycles. The van der Waals surface area contributed by atoms with Crippen LogP contribution in [0.15, 0.2) is 39.7 Å². The number of rotatable bonds is 1. The van der Waals surface area contributed by atoms with E-state index in [0.717, 1.165) is 0 Å². The van der Waals surface area contributed by atoms with Crippen molar-refractivity contribution in [3.8, 4) is 0 Å². The Bertz CT molecular complexity index is 424. The van der Waals surface area contributed by atoms with Crippen molar-refractivity contribution in [2.24, 2.45) is 0 Å². The van der Waals surface area contributed by atoms with E-state index in [4.69, 9.17) is 0 Å². The zero-order valence-electron chi connectivity index (χ0n) is 9.45. The van der Waals surface area contributed by atoms with E-state index in [-0.39, 0.29) is 20.9 Å². The van der Waals surface area contributed by atoms with E-state index in [2.05, 4.69) is 62.1 Å². The Morgan fingerprint density at radius 3 is 2.53 bits per heavy atom. The standard InChI is InChI=1S/C13H16SiTe/c1-14(2,3)13-10-6-8-11-7-4-5-9-12(11)15-13/h4-10H,1-3H3. The molecule has 0 saturated carbocycles. The Morgan fingerprint density at radius 2 is 1.80 bits per heavy atom. The van der Waals surface area contributed by atoms with Crippen molar-refractivity contribution in [3.63, 3.8) is 0 Å². The Balaban J connectivity index is 2.40. The third kappa shape index (κ3) is 2.63. The predicted molar refractivity (Wildman–Crippen MR) is 72.3 cm³/mol. The molecule has 1 aromatic rings. The topological polar surface area (TPSA) is 0 Å². The van der Waals surface area contributed by atoms with Gasteiger partial charge in [-0.3, -0.25) is 0 Å². The summed E-state index contributed by atoms with van der Waals surface area (Å²) >= 11 is -0.122. The average Bonchev–Trinajstić information content (AvgIpc) is 2.38. The first-order valence-corrected chi connectivity index (χ1v) is 11.1. The van der Waals surface area contributed by atoms with Gasteiger partial charge in [-0.2, -0.15) is 0 Å². The van der Waals surface area contributed by atoms with Gasteiger partial charge in [-0.1, -0.05) is 0 Å². The van der Waals surface area contributed by atoms with Gasteiger partial charge in [-0.05, 0) is 0 Å². The second-order valence-electron chi connectivity index (χ2n) is 4.78. The molecule has 0 nitrogen and oxygen atoms in total. The quantitative estimate of drug-likeness (QED) is 0.696. The van der Waals surface area contributed by atoms with Gasteiger partial charge in [0.05, 0.1) is 0 Å². The summed E-state index contributed by atoms with van der Waals surface area (Å²) in [6, 6.07) is 8.85. The second kappa shape index (κ2) is 4.29. The molecule has 0 atom stereocenters. The van der Waals surface area contributed by atoms with E-state index in [1.807, 2.05) is 0 Å². The van der Waals surface area contributed by atoms with Crippen molar-refractivity contribution in [1.29, 1.82) is 0 Å². The van der Waals surface area contributed by atoms with Crippen LogP contribution in [0.1, 0.15) is 5.56 Å². The van der Waals surface area contributed by atoms with Crippen molar-refractivity contribution in [3.05, 3.63) is 45.2 Å². The Labute approximate surface area is 103 Å². The zero-order valence-corrected chi connectivity index (χ0v) is 12.8. The van der Waals surface area contributed by atoms with E-state index >= 15 is 0 Å². The zero-order chi connectivity index (χ0) is 10.9. The molecule has 1 aromatic carbocycles. The maximum absolute atomic E-state index is 2.45. The fourth-order valence-electron chi connectivity index (χ4n) is 1.51. The summed E-state index contributed by atoms with van der Waals surface area (Å²) in [5, 5.41) is 0. The van der Waals surface area contributed by atoms with Crippen molar-refractivity contribution in [2.45, 2.75) is 19.6 Å². The van der Waals surface area contributed by atoms with E-state index in [1.54, 1.807) is 6.86 Å². The molecule has 15 heavy (non-hydrogen) atoms. The maximum atomic E-state index is 2.45. The van der Waals surface area contributed by atoms with E-state index in [1.165, 1.54) is 5.56 Å². The molecule has 78 valence electrons. The van der Waals surface area contributed by atoms with Crippen molar-refractivity contribution < 1.29 is 0 Å². The summed E-state index contributed by atoms with van der Waals surface area (Å²) < 4.78 is 3.37. The van der Waals surface area contributed by atoms with Gasteiger partial charge in [0.2, 0.25) is 0 Å². The number of hydrogen-bond acceptors (Lipinski definition) is 0. The van der Waals surface area contributed by atoms with Crippen LogP contribution in [-0.4, -0.2) is 29.0 Å². The first-order valence-electron chi connectivity index (χ1n) is 5.23. The molecule has 0 unspecified atom stereocenters. The van der Waals surface area contributed by atoms with Gasteiger partial charge in [-0.25, -0.2) is 0 Å². The van der Waals surface area contributed by atoms with Gasteiger partial charge in [0.25, 0.3) is 0 Å².